The van der Waals surface area contributed by atoms with Crippen LogP contribution in [0.4, 0.5) is 4.39 Å². The van der Waals surface area contributed by atoms with Gasteiger partial charge in [-0.3, -0.25) is 14.0 Å². The molecule has 5 heteroatoms. The molecule has 1 fully saturated rings. The Morgan fingerprint density at radius 3 is 2.65 bits per heavy atom. The monoisotopic (exact) mass is 244 g/mol. The van der Waals surface area contributed by atoms with E-state index in [1.165, 1.54) is 0 Å². The highest BCUT2D eigenvalue weighted by Gasteiger charge is 2.35. The first-order chi connectivity index (χ1) is 7.97. The van der Waals surface area contributed by atoms with Gasteiger partial charge >= 0.3 is 0 Å². The first kappa shape index (κ1) is 13.9. The number of rotatable bonds is 5. The summed E-state index contributed by atoms with van der Waals surface area (Å²) in [6.45, 7) is 4.20. The molecule has 1 rings (SSSR count). The summed E-state index contributed by atoms with van der Waals surface area (Å²) in [6.07, 6.45) is 2.46. The lowest BCUT2D eigenvalue weighted by Gasteiger charge is -2.28. The predicted octanol–water partition coefficient (Wildman–Crippen LogP) is 1.25. The van der Waals surface area contributed by atoms with E-state index in [0.717, 1.165) is 12.8 Å². The minimum atomic E-state index is -0.826. The minimum absolute atomic E-state index is 0.0522. The van der Waals surface area contributed by atoms with E-state index in [1.54, 1.807) is 18.7 Å². The van der Waals surface area contributed by atoms with Crippen LogP contribution in [0.2, 0.25) is 0 Å². The Morgan fingerprint density at radius 1 is 1.29 bits per heavy atom. The summed E-state index contributed by atoms with van der Waals surface area (Å²) in [6, 6.07) is 0. The topological polar surface area (TPSA) is 49.4 Å². The van der Waals surface area contributed by atoms with Gasteiger partial charge in [-0.2, -0.15) is 0 Å². The standard InChI is InChI=1S/C12H21FN2O2/c1-12(2)11(17)15(8-5-3-4-7-13)9-6-10(16)14-12/h3-9H2,1-2H3,(H,14,16). The second-order valence-electron chi connectivity index (χ2n) is 4.97. The first-order valence-corrected chi connectivity index (χ1v) is 6.14. The van der Waals surface area contributed by atoms with Crippen molar-refractivity contribution in [2.24, 2.45) is 0 Å². The number of hydrogen-bond acceptors (Lipinski definition) is 2. The van der Waals surface area contributed by atoms with Crippen LogP contribution in [0, 0.1) is 0 Å². The lowest BCUT2D eigenvalue weighted by Crippen LogP contribution is -2.52. The van der Waals surface area contributed by atoms with Crippen LogP contribution in [-0.2, 0) is 9.59 Å². The molecule has 0 spiro atoms. The summed E-state index contributed by atoms with van der Waals surface area (Å²) in [7, 11) is 0. The van der Waals surface area contributed by atoms with Crippen molar-refractivity contribution in [1.29, 1.82) is 0 Å². The zero-order valence-electron chi connectivity index (χ0n) is 10.6. The van der Waals surface area contributed by atoms with Gasteiger partial charge in [0, 0.05) is 19.5 Å². The molecule has 0 atom stereocenters. The van der Waals surface area contributed by atoms with Gasteiger partial charge in [0.2, 0.25) is 11.8 Å². The lowest BCUT2D eigenvalue weighted by atomic mass is 10.0. The molecule has 0 aromatic carbocycles. The molecule has 0 radical (unpaired) electrons. The first-order valence-electron chi connectivity index (χ1n) is 6.14. The molecule has 0 aromatic heterocycles. The number of amides is 2. The van der Waals surface area contributed by atoms with E-state index in [4.69, 9.17) is 0 Å². The number of halogens is 1. The fourth-order valence-corrected chi connectivity index (χ4v) is 1.99. The molecule has 0 unspecified atom stereocenters. The maximum absolute atomic E-state index is 12.1. The fourth-order valence-electron chi connectivity index (χ4n) is 1.99. The van der Waals surface area contributed by atoms with Gasteiger partial charge in [-0.15, -0.1) is 0 Å². The maximum atomic E-state index is 12.1. The quantitative estimate of drug-likeness (QED) is 0.740. The molecule has 0 saturated carbocycles. The number of alkyl halides is 1. The van der Waals surface area contributed by atoms with Crippen LogP contribution in [-0.4, -0.2) is 42.0 Å². The zero-order chi connectivity index (χ0) is 12.9. The van der Waals surface area contributed by atoms with E-state index in [1.807, 2.05) is 0 Å². The number of hydrogen-bond donors (Lipinski definition) is 1. The third-order valence-corrected chi connectivity index (χ3v) is 2.94. The van der Waals surface area contributed by atoms with Crippen LogP contribution < -0.4 is 5.32 Å². The Balaban J connectivity index is 2.52. The third-order valence-electron chi connectivity index (χ3n) is 2.94. The van der Waals surface area contributed by atoms with Crippen molar-refractivity contribution in [3.8, 4) is 0 Å². The molecule has 1 aliphatic rings. The van der Waals surface area contributed by atoms with E-state index in [0.29, 0.717) is 25.9 Å². The second-order valence-corrected chi connectivity index (χ2v) is 4.97. The van der Waals surface area contributed by atoms with Crippen molar-refractivity contribution >= 4 is 11.8 Å². The van der Waals surface area contributed by atoms with Crippen molar-refractivity contribution in [3.63, 3.8) is 0 Å². The molecule has 1 saturated heterocycles. The van der Waals surface area contributed by atoms with Crippen LogP contribution >= 0.6 is 0 Å². The molecule has 0 aromatic rings. The number of carbonyl (C=O) groups is 2. The van der Waals surface area contributed by atoms with Crippen molar-refractivity contribution in [3.05, 3.63) is 0 Å². The Labute approximate surface area is 102 Å². The normalized spacial score (nSPS) is 20.1. The fraction of sp³-hybridized carbons (Fsp3) is 0.833. The molecular formula is C12H21FN2O2. The lowest BCUT2D eigenvalue weighted by molar-refractivity contribution is -0.137. The average Bonchev–Trinajstić information content (AvgIpc) is 2.34. The van der Waals surface area contributed by atoms with Gasteiger partial charge in [0.15, 0.2) is 0 Å². The Kier molecular flexibility index (Phi) is 4.90. The highest BCUT2D eigenvalue weighted by atomic mass is 19.1. The molecule has 0 bridgehead atoms. The van der Waals surface area contributed by atoms with Crippen molar-refractivity contribution in [1.82, 2.24) is 10.2 Å². The van der Waals surface area contributed by atoms with E-state index >= 15 is 0 Å². The van der Waals surface area contributed by atoms with Crippen molar-refractivity contribution < 1.29 is 14.0 Å². The van der Waals surface area contributed by atoms with Crippen LogP contribution in [0.5, 0.6) is 0 Å². The van der Waals surface area contributed by atoms with Crippen molar-refractivity contribution in [2.45, 2.75) is 45.1 Å². The highest BCUT2D eigenvalue weighted by molar-refractivity contribution is 5.92. The number of nitrogens with zero attached hydrogens (tertiary/aromatic N) is 1. The van der Waals surface area contributed by atoms with Gasteiger partial charge in [0.25, 0.3) is 0 Å². The molecule has 4 nitrogen and oxygen atoms in total. The van der Waals surface area contributed by atoms with Crippen LogP contribution in [0.1, 0.15) is 39.5 Å². The van der Waals surface area contributed by atoms with Crippen molar-refractivity contribution in [2.75, 3.05) is 19.8 Å². The summed E-state index contributed by atoms with van der Waals surface area (Å²) in [5, 5.41) is 2.71. The summed E-state index contributed by atoms with van der Waals surface area (Å²) in [5.74, 6) is -0.141. The van der Waals surface area contributed by atoms with Gasteiger partial charge < -0.3 is 10.2 Å². The highest BCUT2D eigenvalue weighted by Crippen LogP contribution is 2.14. The number of carbonyl (C=O) groups excluding carboxylic acids is 2. The van der Waals surface area contributed by atoms with E-state index < -0.39 is 5.54 Å². The molecule has 2 amide bonds. The molecule has 98 valence electrons. The minimum Gasteiger partial charge on any atom is -0.342 e. The summed E-state index contributed by atoms with van der Waals surface area (Å²) in [5.41, 5.74) is -0.826. The second kappa shape index (κ2) is 5.98. The van der Waals surface area contributed by atoms with Gasteiger partial charge in [0.1, 0.15) is 5.54 Å². The summed E-state index contributed by atoms with van der Waals surface area (Å²) >= 11 is 0. The van der Waals surface area contributed by atoms with Crippen LogP contribution in [0.15, 0.2) is 0 Å². The molecular weight excluding hydrogens is 223 g/mol. The summed E-state index contributed by atoms with van der Waals surface area (Å²) in [4.78, 5) is 25.2. The average molecular weight is 244 g/mol. The third kappa shape index (κ3) is 3.98. The van der Waals surface area contributed by atoms with Gasteiger partial charge in [-0.1, -0.05) is 0 Å². The van der Waals surface area contributed by atoms with Crippen LogP contribution in [0.25, 0.3) is 0 Å². The SMILES string of the molecule is CC1(C)NC(=O)CCN(CCCCCF)C1=O. The maximum Gasteiger partial charge on any atom is 0.247 e. The smallest absolute Gasteiger partial charge is 0.247 e. The Bertz CT molecular complexity index is 292. The predicted molar refractivity (Wildman–Crippen MR) is 63.2 cm³/mol. The molecule has 1 heterocycles. The van der Waals surface area contributed by atoms with E-state index in [-0.39, 0.29) is 18.5 Å². The molecule has 1 N–H and O–H groups in total. The molecule has 0 aliphatic carbocycles. The summed E-state index contributed by atoms with van der Waals surface area (Å²) < 4.78 is 11.9. The largest absolute Gasteiger partial charge is 0.342 e. The van der Waals surface area contributed by atoms with Gasteiger partial charge in [-0.05, 0) is 33.1 Å². The Hall–Kier alpha value is -1.13. The number of nitrogens with one attached hydrogen (secondary N) is 1. The Morgan fingerprint density at radius 2 is 2.00 bits per heavy atom. The van der Waals surface area contributed by atoms with E-state index in [2.05, 4.69) is 5.32 Å². The number of unbranched alkanes of at least 4 members (excludes halogenated alkanes) is 2. The zero-order valence-corrected chi connectivity index (χ0v) is 10.6. The van der Waals surface area contributed by atoms with Gasteiger partial charge in [0.05, 0.1) is 6.67 Å². The van der Waals surface area contributed by atoms with E-state index in [9.17, 15) is 14.0 Å². The van der Waals surface area contributed by atoms with Crippen LogP contribution in [0.3, 0.4) is 0 Å². The molecule has 17 heavy (non-hydrogen) atoms. The van der Waals surface area contributed by atoms with Gasteiger partial charge in [-0.25, -0.2) is 0 Å². The molecule has 1 aliphatic heterocycles.